The lowest BCUT2D eigenvalue weighted by Gasteiger charge is -2.24. The van der Waals surface area contributed by atoms with Crippen molar-refractivity contribution in [1.82, 2.24) is 0 Å². The average Bonchev–Trinajstić information content (AvgIpc) is 2.76. The van der Waals surface area contributed by atoms with Crippen LogP contribution in [0.25, 0.3) is 0 Å². The third-order valence-electron chi connectivity index (χ3n) is 5.23. The summed E-state index contributed by atoms with van der Waals surface area (Å²) >= 11 is 0. The van der Waals surface area contributed by atoms with E-state index in [0.29, 0.717) is 16.8 Å². The highest BCUT2D eigenvalue weighted by Crippen LogP contribution is 2.33. The second-order valence-corrected chi connectivity index (χ2v) is 10.3. The van der Waals surface area contributed by atoms with Crippen LogP contribution in [0.2, 0.25) is 0 Å². The summed E-state index contributed by atoms with van der Waals surface area (Å²) in [6, 6.07) is 9.70. The summed E-state index contributed by atoms with van der Waals surface area (Å²) in [4.78, 5) is 12.0. The number of methoxy groups -OCH3 is 2. The van der Waals surface area contributed by atoms with Crippen LogP contribution in [0.1, 0.15) is 49.2 Å². The van der Waals surface area contributed by atoms with Gasteiger partial charge in [-0.3, -0.25) is 5.01 Å². The van der Waals surface area contributed by atoms with Crippen molar-refractivity contribution in [2.75, 3.05) is 19.2 Å². The molecule has 0 bridgehead atoms. The van der Waals surface area contributed by atoms with Gasteiger partial charge >= 0.3 is 5.97 Å². The van der Waals surface area contributed by atoms with Crippen molar-refractivity contribution in [1.29, 1.82) is 0 Å². The number of esters is 1. The first-order chi connectivity index (χ1) is 14.7. The van der Waals surface area contributed by atoms with Gasteiger partial charge in [-0.15, -0.1) is 0 Å². The van der Waals surface area contributed by atoms with Crippen molar-refractivity contribution in [3.63, 3.8) is 0 Å². The molecule has 8 nitrogen and oxygen atoms in total. The molecular weight excluding hydrogens is 430 g/mol. The minimum Gasteiger partial charge on any atom is -0.494 e. The molecule has 0 aliphatic carbocycles. The number of benzene rings is 2. The summed E-state index contributed by atoms with van der Waals surface area (Å²) in [7, 11) is -1.29. The average molecular weight is 462 g/mol. The van der Waals surface area contributed by atoms with Crippen molar-refractivity contribution < 1.29 is 22.7 Å². The van der Waals surface area contributed by atoms with Gasteiger partial charge in [-0.25, -0.2) is 19.1 Å². The molecule has 0 aliphatic heterocycles. The third kappa shape index (κ3) is 4.89. The Morgan fingerprint density at radius 2 is 1.62 bits per heavy atom. The SMILES string of the molecule is COC(=O)c1cc(OC)c(N(N)/C(C)=C(\N)S(=O)(=O)c2ccc(C(C)(C)C)cc2)cc1C. The van der Waals surface area contributed by atoms with E-state index in [1.807, 2.05) is 20.8 Å². The monoisotopic (exact) mass is 461 g/mol. The molecule has 0 unspecified atom stereocenters. The molecular formula is C23H31N3O5S. The molecule has 0 heterocycles. The van der Waals surface area contributed by atoms with Crippen molar-refractivity contribution >= 4 is 21.5 Å². The predicted octanol–water partition coefficient (Wildman–Crippen LogP) is 3.39. The van der Waals surface area contributed by atoms with Gasteiger partial charge < -0.3 is 15.2 Å². The number of carbonyl (C=O) groups is 1. The number of carbonyl (C=O) groups excluding carboxylic acids is 1. The zero-order chi connectivity index (χ0) is 24.4. The van der Waals surface area contributed by atoms with E-state index in [9.17, 15) is 13.2 Å². The van der Waals surface area contributed by atoms with Crippen LogP contribution in [0.3, 0.4) is 0 Å². The van der Waals surface area contributed by atoms with Gasteiger partial charge in [0.2, 0.25) is 9.84 Å². The normalized spacial score (nSPS) is 12.8. The molecule has 0 aromatic heterocycles. The first kappa shape index (κ1) is 25.2. The van der Waals surface area contributed by atoms with Gasteiger partial charge in [-0.2, -0.15) is 0 Å². The van der Waals surface area contributed by atoms with E-state index in [1.54, 1.807) is 25.1 Å². The molecule has 32 heavy (non-hydrogen) atoms. The smallest absolute Gasteiger partial charge is 0.338 e. The van der Waals surface area contributed by atoms with Crippen LogP contribution < -0.4 is 21.3 Å². The molecule has 9 heteroatoms. The van der Waals surface area contributed by atoms with Crippen LogP contribution in [0.5, 0.6) is 5.75 Å². The zero-order valence-corrected chi connectivity index (χ0v) is 20.3. The molecule has 4 N–H and O–H groups in total. The van der Waals surface area contributed by atoms with Gasteiger partial charge in [-0.1, -0.05) is 32.9 Å². The molecule has 0 aliphatic rings. The summed E-state index contributed by atoms with van der Waals surface area (Å²) in [6.07, 6.45) is 0. The van der Waals surface area contributed by atoms with Gasteiger partial charge in [0.1, 0.15) is 5.75 Å². The van der Waals surface area contributed by atoms with E-state index in [1.165, 1.54) is 39.3 Å². The molecule has 0 radical (unpaired) electrons. The van der Waals surface area contributed by atoms with Crippen LogP contribution in [-0.2, 0) is 20.0 Å². The van der Waals surface area contributed by atoms with Gasteiger partial charge in [0.25, 0.3) is 0 Å². The predicted molar refractivity (Wildman–Crippen MR) is 125 cm³/mol. The Labute approximate surface area is 189 Å². The number of nitrogens with zero attached hydrogens (tertiary/aromatic N) is 1. The second kappa shape index (κ2) is 9.22. The molecule has 2 rings (SSSR count). The summed E-state index contributed by atoms with van der Waals surface area (Å²) in [5.41, 5.74) is 8.30. The summed E-state index contributed by atoms with van der Waals surface area (Å²) in [6.45, 7) is 9.34. The number of hydrogen-bond donors (Lipinski definition) is 2. The maximum atomic E-state index is 13.1. The molecule has 174 valence electrons. The number of allylic oxidation sites excluding steroid dienone is 1. The fraction of sp³-hybridized carbons (Fsp3) is 0.348. The number of anilines is 1. The number of sulfone groups is 1. The minimum absolute atomic E-state index is 0.0694. The maximum absolute atomic E-state index is 13.1. The molecule has 0 saturated carbocycles. The molecule has 0 saturated heterocycles. The Bertz CT molecular complexity index is 1150. The highest BCUT2D eigenvalue weighted by atomic mass is 32.2. The number of aryl methyl sites for hydroxylation is 1. The van der Waals surface area contributed by atoms with E-state index in [4.69, 9.17) is 21.1 Å². The second-order valence-electron chi connectivity index (χ2n) is 8.43. The Balaban J connectivity index is 2.52. The Morgan fingerprint density at radius 3 is 2.09 bits per heavy atom. The lowest BCUT2D eigenvalue weighted by molar-refractivity contribution is 0.0599. The maximum Gasteiger partial charge on any atom is 0.338 e. The Kier molecular flexibility index (Phi) is 7.26. The van der Waals surface area contributed by atoms with Crippen LogP contribution >= 0.6 is 0 Å². The van der Waals surface area contributed by atoms with E-state index < -0.39 is 15.8 Å². The van der Waals surface area contributed by atoms with E-state index in [0.717, 1.165) is 10.6 Å². The van der Waals surface area contributed by atoms with E-state index >= 15 is 0 Å². The van der Waals surface area contributed by atoms with Crippen molar-refractivity contribution in [3.05, 3.63) is 63.8 Å². The standard InChI is InChI=1S/C23H31N3O5S/c1-14-12-19(20(30-6)13-18(14)22(27)31-7)26(25)15(2)21(24)32(28,29)17-10-8-16(9-11-17)23(3,4)5/h8-13H,24-25H2,1-7H3/b21-15+. The van der Waals surface area contributed by atoms with Gasteiger partial charge in [0, 0.05) is 0 Å². The Morgan fingerprint density at radius 1 is 1.06 bits per heavy atom. The first-order valence-corrected chi connectivity index (χ1v) is 11.4. The molecule has 0 atom stereocenters. The highest BCUT2D eigenvalue weighted by molar-refractivity contribution is 7.95. The molecule has 0 fully saturated rings. The number of hydrogen-bond acceptors (Lipinski definition) is 8. The van der Waals surface area contributed by atoms with Crippen molar-refractivity contribution in [3.8, 4) is 5.75 Å². The van der Waals surface area contributed by atoms with Crippen LogP contribution in [0, 0.1) is 6.92 Å². The fourth-order valence-corrected chi connectivity index (χ4v) is 4.34. The van der Waals surface area contributed by atoms with Gasteiger partial charge in [0.15, 0.2) is 5.03 Å². The highest BCUT2D eigenvalue weighted by Gasteiger charge is 2.25. The zero-order valence-electron chi connectivity index (χ0n) is 19.5. The van der Waals surface area contributed by atoms with E-state index in [-0.39, 0.29) is 26.8 Å². The lowest BCUT2D eigenvalue weighted by Crippen LogP contribution is -2.33. The number of nitrogens with two attached hydrogens (primary N) is 2. The molecule has 2 aromatic rings. The first-order valence-electron chi connectivity index (χ1n) is 9.89. The van der Waals surface area contributed by atoms with Gasteiger partial charge in [-0.05, 0) is 54.7 Å². The number of ether oxygens (including phenoxy) is 2. The molecule has 0 spiro atoms. The number of hydrazine groups is 1. The summed E-state index contributed by atoms with van der Waals surface area (Å²) in [5.74, 6) is 5.97. The fourth-order valence-electron chi connectivity index (χ4n) is 3.11. The van der Waals surface area contributed by atoms with Crippen LogP contribution in [-0.4, -0.2) is 28.6 Å². The minimum atomic E-state index is -3.99. The summed E-state index contributed by atoms with van der Waals surface area (Å²) < 4.78 is 36.4. The quantitative estimate of drug-likeness (QED) is 0.381. The van der Waals surface area contributed by atoms with Crippen molar-refractivity contribution in [2.24, 2.45) is 11.6 Å². The largest absolute Gasteiger partial charge is 0.494 e. The van der Waals surface area contributed by atoms with E-state index in [2.05, 4.69) is 0 Å². The van der Waals surface area contributed by atoms with Crippen LogP contribution in [0.4, 0.5) is 5.69 Å². The third-order valence-corrected chi connectivity index (χ3v) is 7.00. The molecule has 0 amide bonds. The summed E-state index contributed by atoms with van der Waals surface area (Å²) in [5, 5.41) is 0.740. The van der Waals surface area contributed by atoms with Crippen molar-refractivity contribution in [2.45, 2.75) is 44.9 Å². The molecule has 2 aromatic carbocycles. The number of rotatable bonds is 6. The van der Waals surface area contributed by atoms with Crippen LogP contribution in [0.15, 0.2) is 52.0 Å². The topological polar surface area (TPSA) is 125 Å². The lowest BCUT2D eigenvalue weighted by atomic mass is 9.87. The Hall–Kier alpha value is -3.04. The van der Waals surface area contributed by atoms with Gasteiger partial charge in [0.05, 0.1) is 36.1 Å².